The van der Waals surface area contributed by atoms with Gasteiger partial charge in [0.05, 0.1) is 34.4 Å². The van der Waals surface area contributed by atoms with Gasteiger partial charge in [0, 0.05) is 28.0 Å². The number of benzene rings is 2. The van der Waals surface area contributed by atoms with Gasteiger partial charge in [0.25, 0.3) is 0 Å². The Kier molecular flexibility index (Phi) is 5.57. The van der Waals surface area contributed by atoms with E-state index in [4.69, 9.17) is 15.0 Å². The Morgan fingerprint density at radius 2 is 1.80 bits per heavy atom. The lowest BCUT2D eigenvalue weighted by molar-refractivity contribution is -0.311. The third kappa shape index (κ3) is 3.36. The molecule has 1 fully saturated rings. The van der Waals surface area contributed by atoms with E-state index in [1.165, 1.54) is 19.1 Å². The van der Waals surface area contributed by atoms with Crippen molar-refractivity contribution in [2.75, 3.05) is 14.1 Å². The summed E-state index contributed by atoms with van der Waals surface area (Å²) in [4.78, 5) is 32.3. The molecule has 2 aromatic carbocycles. The van der Waals surface area contributed by atoms with Gasteiger partial charge in [-0.25, -0.2) is 0 Å². The summed E-state index contributed by atoms with van der Waals surface area (Å²) in [6.45, 7) is 3.08. The van der Waals surface area contributed by atoms with Crippen molar-refractivity contribution >= 4 is 11.6 Å². The van der Waals surface area contributed by atoms with Gasteiger partial charge in [0.15, 0.2) is 5.78 Å². The summed E-state index contributed by atoms with van der Waals surface area (Å²) in [6.07, 6.45) is -3.94. The first-order chi connectivity index (χ1) is 18.7. The number of carbonyl (C=O) groups is 2. The van der Waals surface area contributed by atoms with Crippen molar-refractivity contribution in [3.63, 3.8) is 0 Å². The third-order valence-corrected chi connectivity index (χ3v) is 8.58. The number of carbonyl (C=O) groups excluding carboxylic acids is 2. The van der Waals surface area contributed by atoms with Gasteiger partial charge in [-0.2, -0.15) is 0 Å². The highest BCUT2D eigenvalue weighted by molar-refractivity contribution is 6.31. The number of ether oxygens (including phenoxy) is 2. The van der Waals surface area contributed by atoms with Gasteiger partial charge < -0.3 is 39.9 Å². The fraction of sp³-hybridized carbons (Fsp3) is 0.481. The molecule has 0 spiro atoms. The van der Waals surface area contributed by atoms with Crippen LogP contribution in [0.2, 0.25) is 0 Å². The second kappa shape index (κ2) is 8.40. The molecule has 13 nitrogen and oxygen atoms in total. The number of fused-ring (bicyclic) bond motifs is 8. The Labute approximate surface area is 227 Å². The summed E-state index contributed by atoms with van der Waals surface area (Å²) < 4.78 is 11.9. The Morgan fingerprint density at radius 3 is 2.45 bits per heavy atom. The van der Waals surface area contributed by atoms with E-state index in [0.717, 1.165) is 0 Å². The van der Waals surface area contributed by atoms with E-state index in [1.807, 2.05) is 0 Å². The van der Waals surface area contributed by atoms with Gasteiger partial charge in [-0.3, -0.25) is 9.59 Å². The van der Waals surface area contributed by atoms with Gasteiger partial charge in [0.1, 0.15) is 35.1 Å². The molecule has 2 aliphatic carbocycles. The molecule has 13 heteroatoms. The highest BCUT2D eigenvalue weighted by Gasteiger charge is 2.59. The van der Waals surface area contributed by atoms with E-state index >= 15 is 0 Å². The second-order valence-corrected chi connectivity index (χ2v) is 11.6. The van der Waals surface area contributed by atoms with Crippen LogP contribution in [-0.4, -0.2) is 86.2 Å². The van der Waals surface area contributed by atoms with Crippen molar-refractivity contribution in [3.05, 3.63) is 61.5 Å². The van der Waals surface area contributed by atoms with Crippen LogP contribution < -0.4 is 4.74 Å². The summed E-state index contributed by atoms with van der Waals surface area (Å²) in [6, 6.07) is 0.755. The Morgan fingerprint density at radius 1 is 1.10 bits per heavy atom. The maximum Gasteiger partial charge on any atom is 0.228 e. The van der Waals surface area contributed by atoms with Crippen molar-refractivity contribution in [3.8, 4) is 17.2 Å². The van der Waals surface area contributed by atoms with Crippen LogP contribution in [0.25, 0.3) is 10.4 Å². The average Bonchev–Trinajstić information content (AvgIpc) is 2.85. The smallest absolute Gasteiger partial charge is 0.228 e. The largest absolute Gasteiger partial charge is 0.507 e. The number of rotatable bonds is 2. The Balaban J connectivity index is 1.58. The molecule has 0 amide bonds. The number of phenols is 2. The molecule has 0 saturated carbocycles. The molecular weight excluding hydrogens is 524 g/mol. The number of aliphatic hydroxyl groups excluding tert-OH is 2. The maximum absolute atomic E-state index is 14.1. The first-order valence-corrected chi connectivity index (χ1v) is 12.7. The molecule has 2 aliphatic heterocycles. The summed E-state index contributed by atoms with van der Waals surface area (Å²) in [5.41, 5.74) is 5.56. The third-order valence-electron chi connectivity index (χ3n) is 8.58. The number of hydrogen-bond acceptors (Lipinski definition) is 11. The molecule has 2 aromatic rings. The van der Waals surface area contributed by atoms with Crippen molar-refractivity contribution in [2.24, 2.45) is 5.11 Å². The lowest BCUT2D eigenvalue weighted by atomic mass is 9.72. The molecule has 7 unspecified atom stereocenters. The number of nitrogens with zero attached hydrogens (tertiary/aromatic N) is 4. The molecule has 0 aromatic heterocycles. The standard InChI is InChI=1S/C27H28N4O9/c1-26(38)7-9-5-10-15(20(34)14(9)12(8-26)29-30-28)21(35)16-13(32)6-11-23(17(16)19(10)33)39-25-22(36)18(31(3)4)24(37)27(11,2)40-25/h5-6,12,18,22,24-25,32,34,36-38H,7-8H2,1-4H3. The van der Waals surface area contributed by atoms with Crippen molar-refractivity contribution in [2.45, 2.75) is 68.5 Å². The number of ketones is 2. The van der Waals surface area contributed by atoms with Crippen LogP contribution in [0.15, 0.2) is 17.2 Å². The average molecular weight is 553 g/mol. The van der Waals surface area contributed by atoms with Gasteiger partial charge in [-0.05, 0) is 57.6 Å². The summed E-state index contributed by atoms with van der Waals surface area (Å²) in [5, 5.41) is 59.0. The van der Waals surface area contributed by atoms with E-state index in [9.17, 15) is 35.1 Å². The highest BCUT2D eigenvalue weighted by Crippen LogP contribution is 2.54. The number of phenolic OH excluding ortho intramolecular Hbond substituents is 2. The van der Waals surface area contributed by atoms with Crippen LogP contribution >= 0.6 is 0 Å². The number of hydrogen-bond donors (Lipinski definition) is 5. The molecule has 40 heavy (non-hydrogen) atoms. The van der Waals surface area contributed by atoms with E-state index in [1.54, 1.807) is 25.9 Å². The van der Waals surface area contributed by atoms with E-state index in [-0.39, 0.29) is 46.4 Å². The predicted molar refractivity (Wildman–Crippen MR) is 136 cm³/mol. The van der Waals surface area contributed by atoms with E-state index in [2.05, 4.69) is 10.0 Å². The molecule has 0 radical (unpaired) electrons. The molecule has 2 heterocycles. The van der Waals surface area contributed by atoms with Gasteiger partial charge in [-0.15, -0.1) is 0 Å². The minimum Gasteiger partial charge on any atom is -0.507 e. The Bertz CT molecular complexity index is 1560. The fourth-order valence-electron chi connectivity index (χ4n) is 6.75. The number of likely N-dealkylation sites (N-methyl/N-ethyl adjacent to an activating group) is 1. The summed E-state index contributed by atoms with van der Waals surface area (Å²) >= 11 is 0. The SMILES string of the molecule is CN(C)C1C(O)C2Oc3c(cc(O)c4c3C(=O)c3cc5c(c(O)c3C4=O)C(N=[N+]=[N-])CC(C)(O)C5)C(C)(O2)C1O. The van der Waals surface area contributed by atoms with Crippen LogP contribution in [0.4, 0.5) is 0 Å². The summed E-state index contributed by atoms with van der Waals surface area (Å²) in [5.74, 6) is -2.88. The molecule has 210 valence electrons. The van der Waals surface area contributed by atoms with E-state index < -0.39 is 70.4 Å². The Hall–Kier alpha value is -3.71. The van der Waals surface area contributed by atoms with E-state index in [0.29, 0.717) is 5.56 Å². The number of azide groups is 1. The number of aromatic hydroxyl groups is 2. The minimum atomic E-state index is -1.53. The quantitative estimate of drug-likeness (QED) is 0.176. The first kappa shape index (κ1) is 26.5. The molecule has 6 rings (SSSR count). The molecule has 4 aliphatic rings. The second-order valence-electron chi connectivity index (χ2n) is 11.6. The lowest BCUT2D eigenvalue weighted by Crippen LogP contribution is -2.68. The van der Waals surface area contributed by atoms with Crippen LogP contribution in [-0.2, 0) is 16.8 Å². The van der Waals surface area contributed by atoms with Crippen molar-refractivity contribution in [1.82, 2.24) is 4.90 Å². The van der Waals surface area contributed by atoms with Crippen LogP contribution in [0, 0.1) is 0 Å². The first-order valence-electron chi connectivity index (χ1n) is 12.7. The number of aliphatic hydroxyl groups is 3. The van der Waals surface area contributed by atoms with Crippen LogP contribution in [0.5, 0.6) is 17.2 Å². The lowest BCUT2D eigenvalue weighted by Gasteiger charge is -2.53. The molecule has 2 bridgehead atoms. The zero-order valence-electron chi connectivity index (χ0n) is 22.1. The molecular formula is C27H28N4O9. The predicted octanol–water partition coefficient (Wildman–Crippen LogP) is 1.54. The van der Waals surface area contributed by atoms with Crippen LogP contribution in [0.3, 0.4) is 0 Å². The van der Waals surface area contributed by atoms with Gasteiger partial charge in [-0.1, -0.05) is 5.11 Å². The zero-order valence-corrected chi connectivity index (χ0v) is 22.1. The monoisotopic (exact) mass is 552 g/mol. The molecule has 7 atom stereocenters. The van der Waals surface area contributed by atoms with Gasteiger partial charge >= 0.3 is 0 Å². The van der Waals surface area contributed by atoms with Crippen LogP contribution in [0.1, 0.15) is 74.8 Å². The summed E-state index contributed by atoms with van der Waals surface area (Å²) in [7, 11) is 3.34. The highest BCUT2D eigenvalue weighted by atomic mass is 16.7. The molecule has 1 saturated heterocycles. The normalized spacial score (nSPS) is 33.8. The topological polar surface area (TPSA) is 206 Å². The fourth-order valence-corrected chi connectivity index (χ4v) is 6.75. The van der Waals surface area contributed by atoms with Gasteiger partial charge in [0.2, 0.25) is 12.1 Å². The molecule has 5 N–H and O–H groups in total. The van der Waals surface area contributed by atoms with Crippen molar-refractivity contribution in [1.29, 1.82) is 0 Å². The maximum atomic E-state index is 14.1. The van der Waals surface area contributed by atoms with Crippen molar-refractivity contribution < 1.29 is 44.6 Å². The minimum absolute atomic E-state index is 0.0136. The zero-order chi connectivity index (χ0) is 29.0.